The van der Waals surface area contributed by atoms with E-state index in [4.69, 9.17) is 5.73 Å². The molecule has 3 amide bonds. The number of piperidine rings is 1. The summed E-state index contributed by atoms with van der Waals surface area (Å²) >= 11 is 0. The molecule has 8 heteroatoms. The fraction of sp³-hybridized carbons (Fsp3) is 0.640. The Bertz CT molecular complexity index is 945. The number of amides is 3. The van der Waals surface area contributed by atoms with Crippen molar-refractivity contribution in [3.63, 3.8) is 0 Å². The van der Waals surface area contributed by atoms with E-state index in [9.17, 15) is 18.8 Å². The molecule has 3 fully saturated rings. The summed E-state index contributed by atoms with van der Waals surface area (Å²) in [5.41, 5.74) is 7.21. The summed E-state index contributed by atoms with van der Waals surface area (Å²) in [5.74, 6) is 0.923. The third-order valence-corrected chi connectivity index (χ3v) is 8.19. The van der Waals surface area contributed by atoms with Crippen LogP contribution in [0.2, 0.25) is 0 Å². The quantitative estimate of drug-likeness (QED) is 0.736. The molecule has 7 nitrogen and oxygen atoms in total. The second kappa shape index (κ2) is 9.05. The highest BCUT2D eigenvalue weighted by Gasteiger charge is 2.38. The van der Waals surface area contributed by atoms with Gasteiger partial charge in [-0.1, -0.05) is 12.8 Å². The number of nitrogens with zero attached hydrogens (tertiary/aromatic N) is 3. The molecule has 1 aromatic rings. The summed E-state index contributed by atoms with van der Waals surface area (Å²) in [6, 6.07) is 3.21. The fourth-order valence-corrected chi connectivity index (χ4v) is 6.40. The zero-order valence-corrected chi connectivity index (χ0v) is 19.1. The molecule has 1 saturated carbocycles. The van der Waals surface area contributed by atoms with Crippen molar-refractivity contribution in [2.75, 3.05) is 37.6 Å². The van der Waals surface area contributed by atoms with Crippen LogP contribution in [0.25, 0.3) is 0 Å². The largest absolute Gasteiger partial charge is 0.366 e. The average molecular weight is 457 g/mol. The molecular weight excluding hydrogens is 423 g/mol. The molecule has 2 N–H and O–H groups in total. The number of nitrogens with two attached hydrogens (primary N) is 1. The number of carbonyl (C=O) groups excluding carboxylic acids is 3. The Morgan fingerprint density at radius 1 is 1.03 bits per heavy atom. The Morgan fingerprint density at radius 3 is 2.30 bits per heavy atom. The molecule has 0 bridgehead atoms. The minimum Gasteiger partial charge on any atom is -0.366 e. The molecule has 2 unspecified atom stereocenters. The van der Waals surface area contributed by atoms with Gasteiger partial charge in [0.1, 0.15) is 6.67 Å². The smallest absolute Gasteiger partial charge is 0.249 e. The zero-order valence-electron chi connectivity index (χ0n) is 19.1. The molecule has 4 aliphatic rings. The van der Waals surface area contributed by atoms with Gasteiger partial charge in [0.15, 0.2) is 0 Å². The lowest BCUT2D eigenvalue weighted by atomic mass is 9.82. The van der Waals surface area contributed by atoms with Crippen molar-refractivity contribution in [3.05, 3.63) is 28.8 Å². The number of rotatable bonds is 5. The minimum absolute atomic E-state index is 0.0200. The summed E-state index contributed by atoms with van der Waals surface area (Å²) in [5, 5.41) is 0. The predicted molar refractivity (Wildman–Crippen MR) is 122 cm³/mol. The number of fused-ring (bicyclic) bond motifs is 2. The van der Waals surface area contributed by atoms with E-state index in [1.807, 2.05) is 0 Å². The lowest BCUT2D eigenvalue weighted by Crippen LogP contribution is -2.49. The Morgan fingerprint density at radius 2 is 1.70 bits per heavy atom. The Hall–Kier alpha value is -2.48. The number of likely N-dealkylation sites (tertiary alicyclic amines) is 2. The average Bonchev–Trinajstić information content (AvgIpc) is 3.38. The summed E-state index contributed by atoms with van der Waals surface area (Å²) < 4.78 is 13.5. The highest BCUT2D eigenvalue weighted by molar-refractivity contribution is 6.04. The van der Waals surface area contributed by atoms with Crippen LogP contribution in [0.15, 0.2) is 12.1 Å². The van der Waals surface area contributed by atoms with E-state index in [0.29, 0.717) is 24.1 Å². The molecule has 33 heavy (non-hydrogen) atoms. The van der Waals surface area contributed by atoms with Crippen molar-refractivity contribution in [3.8, 4) is 0 Å². The van der Waals surface area contributed by atoms with Crippen LogP contribution >= 0.6 is 0 Å². The first-order valence-corrected chi connectivity index (χ1v) is 12.3. The second-order valence-corrected chi connectivity index (χ2v) is 10.2. The maximum Gasteiger partial charge on any atom is 0.249 e. The van der Waals surface area contributed by atoms with Crippen molar-refractivity contribution >= 4 is 23.4 Å². The molecule has 3 heterocycles. The number of benzene rings is 1. The van der Waals surface area contributed by atoms with Crippen LogP contribution in [0.4, 0.5) is 10.1 Å². The summed E-state index contributed by atoms with van der Waals surface area (Å²) in [7, 11) is 0. The monoisotopic (exact) mass is 456 g/mol. The van der Waals surface area contributed by atoms with E-state index in [2.05, 4.69) is 9.80 Å². The Labute approximate surface area is 194 Å². The van der Waals surface area contributed by atoms with Crippen molar-refractivity contribution < 1.29 is 18.8 Å². The molecule has 1 aromatic carbocycles. The third kappa shape index (κ3) is 4.25. The third-order valence-electron chi connectivity index (χ3n) is 8.19. The molecule has 178 valence electrons. The molecule has 0 aromatic heterocycles. The van der Waals surface area contributed by atoms with Gasteiger partial charge in [0.2, 0.25) is 17.7 Å². The van der Waals surface area contributed by atoms with Gasteiger partial charge in [-0.25, -0.2) is 4.39 Å². The van der Waals surface area contributed by atoms with Gasteiger partial charge in [0, 0.05) is 43.5 Å². The topological polar surface area (TPSA) is 87.0 Å². The van der Waals surface area contributed by atoms with E-state index < -0.39 is 12.6 Å². The van der Waals surface area contributed by atoms with Gasteiger partial charge >= 0.3 is 0 Å². The van der Waals surface area contributed by atoms with Crippen molar-refractivity contribution in [1.29, 1.82) is 0 Å². The van der Waals surface area contributed by atoms with Gasteiger partial charge in [0.05, 0.1) is 13.0 Å². The first-order chi connectivity index (χ1) is 15.9. The van der Waals surface area contributed by atoms with Crippen LogP contribution in [-0.4, -0.2) is 66.3 Å². The van der Waals surface area contributed by atoms with Gasteiger partial charge in [-0.05, 0) is 60.8 Å². The van der Waals surface area contributed by atoms with Crippen LogP contribution in [0, 0.1) is 11.8 Å². The second-order valence-electron chi connectivity index (χ2n) is 10.2. The fourth-order valence-electron chi connectivity index (χ4n) is 6.40. The summed E-state index contributed by atoms with van der Waals surface area (Å²) in [4.78, 5) is 43.4. The predicted octanol–water partition coefficient (Wildman–Crippen LogP) is 2.26. The number of carbonyl (C=O) groups is 3. The van der Waals surface area contributed by atoms with Crippen LogP contribution in [0.5, 0.6) is 0 Å². The van der Waals surface area contributed by atoms with Gasteiger partial charge in [0.25, 0.3) is 0 Å². The van der Waals surface area contributed by atoms with Crippen LogP contribution < -0.4 is 10.6 Å². The molecule has 2 atom stereocenters. The van der Waals surface area contributed by atoms with E-state index in [-0.39, 0.29) is 35.4 Å². The maximum atomic E-state index is 13.5. The minimum atomic E-state index is -0.799. The Balaban J connectivity index is 1.20. The number of halogens is 1. The van der Waals surface area contributed by atoms with Crippen molar-refractivity contribution in [2.45, 2.75) is 57.7 Å². The van der Waals surface area contributed by atoms with Crippen LogP contribution in [0.3, 0.4) is 0 Å². The molecule has 0 radical (unpaired) electrons. The molecule has 2 saturated heterocycles. The molecule has 0 spiro atoms. The first-order valence-electron chi connectivity index (χ1n) is 12.3. The molecule has 5 rings (SSSR count). The number of alkyl halides is 1. The summed E-state index contributed by atoms with van der Waals surface area (Å²) in [6.45, 7) is 3.00. The standard InChI is InChI=1S/C25H33FN4O3/c26-12-19-10-22-18(9-21(19)25(27)33)11-23(31)30(22)20-5-7-28(8-6-20)15-24(32)29-13-16-3-1-2-4-17(16)14-29/h9-10,16-17,20H,1-8,11-15H2,(H2,27,33). The lowest BCUT2D eigenvalue weighted by molar-refractivity contribution is -0.132. The molecular formula is C25H33FN4O3. The number of hydrogen-bond acceptors (Lipinski definition) is 4. The Kier molecular flexibility index (Phi) is 6.12. The van der Waals surface area contributed by atoms with E-state index >= 15 is 0 Å². The zero-order chi connectivity index (χ0) is 23.1. The van der Waals surface area contributed by atoms with E-state index in [0.717, 1.165) is 44.6 Å². The lowest BCUT2D eigenvalue weighted by Gasteiger charge is -2.37. The molecule has 1 aliphatic carbocycles. The highest BCUT2D eigenvalue weighted by Crippen LogP contribution is 2.37. The van der Waals surface area contributed by atoms with Crippen LogP contribution in [0.1, 0.15) is 60.0 Å². The van der Waals surface area contributed by atoms with E-state index in [1.165, 1.54) is 25.7 Å². The van der Waals surface area contributed by atoms with Gasteiger partial charge in [-0.15, -0.1) is 0 Å². The number of anilines is 1. The SMILES string of the molecule is NC(=O)c1cc2c(cc1CF)N(C1CCN(CC(=O)N3CC4CCCCC4C3)CC1)C(=O)C2. The van der Waals surface area contributed by atoms with Gasteiger partial charge in [-0.3, -0.25) is 19.3 Å². The number of primary amides is 1. The normalized spacial score (nSPS) is 25.9. The van der Waals surface area contributed by atoms with E-state index in [1.54, 1.807) is 17.0 Å². The summed E-state index contributed by atoms with van der Waals surface area (Å²) in [6.07, 6.45) is 6.86. The molecule has 3 aliphatic heterocycles. The first kappa shape index (κ1) is 22.3. The van der Waals surface area contributed by atoms with Crippen LogP contribution in [-0.2, 0) is 22.7 Å². The van der Waals surface area contributed by atoms with Crippen molar-refractivity contribution in [1.82, 2.24) is 9.80 Å². The highest BCUT2D eigenvalue weighted by atomic mass is 19.1. The van der Waals surface area contributed by atoms with Crippen molar-refractivity contribution in [2.24, 2.45) is 17.6 Å². The number of hydrogen-bond donors (Lipinski definition) is 1. The maximum absolute atomic E-state index is 13.5. The van der Waals surface area contributed by atoms with Gasteiger partial charge in [-0.2, -0.15) is 0 Å². The van der Waals surface area contributed by atoms with Gasteiger partial charge < -0.3 is 15.5 Å².